The van der Waals surface area contributed by atoms with Crippen LogP contribution in [0.3, 0.4) is 0 Å². The van der Waals surface area contributed by atoms with E-state index in [2.05, 4.69) is 20.5 Å². The Hall–Kier alpha value is -1.44. The maximum atomic E-state index is 5.80. The maximum Gasteiger partial charge on any atom is 0.214 e. The van der Waals surface area contributed by atoms with E-state index >= 15 is 0 Å². The highest BCUT2D eigenvalue weighted by Crippen LogP contribution is 2.26. The molecule has 0 aliphatic rings. The lowest BCUT2D eigenvalue weighted by Crippen LogP contribution is -1.98. The van der Waals surface area contributed by atoms with Crippen molar-refractivity contribution in [1.29, 1.82) is 0 Å². The predicted octanol–water partition coefficient (Wildman–Crippen LogP) is 3.06. The highest BCUT2D eigenvalue weighted by molar-refractivity contribution is 7.98. The standard InChI is InChI=1S/C11H8ClN5S2/c12-10-13-6-9(19-10)7-18-11-14-15-16-17(11)8-4-2-1-3-5-8/h1-6H,7H2. The van der Waals surface area contributed by atoms with Crippen molar-refractivity contribution < 1.29 is 0 Å². The molecule has 0 spiro atoms. The average molecular weight is 310 g/mol. The molecule has 0 amide bonds. The van der Waals surface area contributed by atoms with Gasteiger partial charge in [0.15, 0.2) is 4.47 Å². The summed E-state index contributed by atoms with van der Waals surface area (Å²) in [4.78, 5) is 5.10. The zero-order chi connectivity index (χ0) is 13.1. The Bertz CT molecular complexity index is 667. The lowest BCUT2D eigenvalue weighted by Gasteiger charge is -2.02. The number of halogens is 1. The van der Waals surface area contributed by atoms with Gasteiger partial charge >= 0.3 is 0 Å². The number of benzene rings is 1. The van der Waals surface area contributed by atoms with Gasteiger partial charge in [-0.25, -0.2) is 4.98 Å². The molecule has 3 rings (SSSR count). The molecule has 0 unspecified atom stereocenters. The van der Waals surface area contributed by atoms with Gasteiger partial charge < -0.3 is 0 Å². The molecule has 3 aromatic rings. The molecule has 0 bridgehead atoms. The summed E-state index contributed by atoms with van der Waals surface area (Å²) in [7, 11) is 0. The molecule has 5 nitrogen and oxygen atoms in total. The lowest BCUT2D eigenvalue weighted by molar-refractivity contribution is 0.756. The predicted molar refractivity (Wildman–Crippen MR) is 75.8 cm³/mol. The normalized spacial score (nSPS) is 10.8. The molecule has 1 aromatic carbocycles. The van der Waals surface area contributed by atoms with Crippen LogP contribution >= 0.6 is 34.7 Å². The zero-order valence-corrected chi connectivity index (χ0v) is 12.0. The lowest BCUT2D eigenvalue weighted by atomic mass is 10.3. The van der Waals surface area contributed by atoms with Crippen LogP contribution in [0.15, 0.2) is 41.7 Å². The van der Waals surface area contributed by atoms with E-state index in [1.165, 1.54) is 11.3 Å². The Morgan fingerprint density at radius 3 is 2.84 bits per heavy atom. The van der Waals surface area contributed by atoms with Crippen LogP contribution in [0.1, 0.15) is 4.88 Å². The molecule has 0 atom stereocenters. The SMILES string of the molecule is Clc1ncc(CSc2nnnn2-c2ccccc2)s1. The van der Waals surface area contributed by atoms with Crippen LogP contribution < -0.4 is 0 Å². The molecule has 0 N–H and O–H groups in total. The van der Waals surface area contributed by atoms with Gasteiger partial charge in [-0.05, 0) is 22.6 Å². The third-order valence-corrected chi connectivity index (χ3v) is 4.58. The fourth-order valence-electron chi connectivity index (χ4n) is 1.49. The van der Waals surface area contributed by atoms with Gasteiger partial charge in [0, 0.05) is 16.8 Å². The Morgan fingerprint density at radius 1 is 1.26 bits per heavy atom. The van der Waals surface area contributed by atoms with Crippen LogP contribution in [-0.4, -0.2) is 25.2 Å². The van der Waals surface area contributed by atoms with Crippen LogP contribution in [0.5, 0.6) is 0 Å². The summed E-state index contributed by atoms with van der Waals surface area (Å²) in [5.41, 5.74) is 0.942. The van der Waals surface area contributed by atoms with Gasteiger partial charge in [0.25, 0.3) is 0 Å². The minimum atomic E-state index is 0.554. The molecule has 8 heteroatoms. The molecule has 0 radical (unpaired) electrons. The molecule has 19 heavy (non-hydrogen) atoms. The van der Waals surface area contributed by atoms with E-state index in [4.69, 9.17) is 11.6 Å². The van der Waals surface area contributed by atoms with E-state index in [0.717, 1.165) is 21.5 Å². The molecule has 0 saturated carbocycles. The van der Waals surface area contributed by atoms with Crippen LogP contribution in [-0.2, 0) is 5.75 Å². The van der Waals surface area contributed by atoms with E-state index in [1.807, 2.05) is 30.3 Å². The van der Waals surface area contributed by atoms with Crippen LogP contribution in [0.4, 0.5) is 0 Å². The fraction of sp³-hybridized carbons (Fsp3) is 0.0909. The van der Waals surface area contributed by atoms with Crippen molar-refractivity contribution in [3.8, 4) is 5.69 Å². The Labute approximate surface area is 122 Å². The average Bonchev–Trinajstić information content (AvgIpc) is 3.06. The quantitative estimate of drug-likeness (QED) is 0.693. The van der Waals surface area contributed by atoms with E-state index in [9.17, 15) is 0 Å². The van der Waals surface area contributed by atoms with Gasteiger partial charge in [0.2, 0.25) is 5.16 Å². The van der Waals surface area contributed by atoms with Gasteiger partial charge in [-0.15, -0.1) is 16.4 Å². The zero-order valence-electron chi connectivity index (χ0n) is 9.60. The van der Waals surface area contributed by atoms with Gasteiger partial charge in [-0.2, -0.15) is 4.68 Å². The highest BCUT2D eigenvalue weighted by Gasteiger charge is 2.09. The number of nitrogens with zero attached hydrogens (tertiary/aromatic N) is 5. The van der Waals surface area contributed by atoms with E-state index in [1.54, 1.807) is 22.6 Å². The number of tetrazole rings is 1. The minimum Gasteiger partial charge on any atom is -0.233 e. The van der Waals surface area contributed by atoms with Crippen molar-refractivity contribution in [3.05, 3.63) is 45.9 Å². The van der Waals surface area contributed by atoms with Crippen LogP contribution in [0.25, 0.3) is 5.69 Å². The molecule has 0 aliphatic heterocycles. The van der Waals surface area contributed by atoms with E-state index in [-0.39, 0.29) is 0 Å². The summed E-state index contributed by atoms with van der Waals surface area (Å²) in [5, 5.41) is 12.5. The summed E-state index contributed by atoms with van der Waals surface area (Å²) >= 11 is 8.82. The number of hydrogen-bond acceptors (Lipinski definition) is 6. The third kappa shape index (κ3) is 2.94. The smallest absolute Gasteiger partial charge is 0.214 e. The van der Waals surface area contributed by atoms with Crippen molar-refractivity contribution in [3.63, 3.8) is 0 Å². The fourth-order valence-corrected chi connectivity index (χ4v) is 3.38. The Kier molecular flexibility index (Phi) is 3.77. The molecule has 96 valence electrons. The number of thioether (sulfide) groups is 1. The summed E-state index contributed by atoms with van der Waals surface area (Å²) in [6, 6.07) is 9.79. The minimum absolute atomic E-state index is 0.554. The van der Waals surface area contributed by atoms with E-state index in [0.29, 0.717) is 4.47 Å². The highest BCUT2D eigenvalue weighted by atomic mass is 35.5. The molecule has 2 aromatic heterocycles. The summed E-state index contributed by atoms with van der Waals surface area (Å²) in [5.74, 6) is 0.748. The van der Waals surface area contributed by atoms with Gasteiger partial charge in [0.05, 0.1) is 5.69 Å². The first-order valence-electron chi connectivity index (χ1n) is 5.40. The second kappa shape index (κ2) is 5.68. The molecular weight excluding hydrogens is 302 g/mol. The molecule has 0 aliphatic carbocycles. The Balaban J connectivity index is 1.77. The van der Waals surface area contributed by atoms with Crippen molar-refractivity contribution in [2.45, 2.75) is 10.9 Å². The summed E-state index contributed by atoms with van der Waals surface area (Å²) < 4.78 is 2.27. The van der Waals surface area contributed by atoms with Crippen molar-refractivity contribution in [2.24, 2.45) is 0 Å². The molecule has 0 saturated heterocycles. The number of thiazole rings is 1. The van der Waals surface area contributed by atoms with Crippen LogP contribution in [0.2, 0.25) is 4.47 Å². The summed E-state index contributed by atoms with van der Waals surface area (Å²) in [6.45, 7) is 0. The third-order valence-electron chi connectivity index (χ3n) is 2.31. The number of rotatable bonds is 4. The number of hydrogen-bond donors (Lipinski definition) is 0. The maximum absolute atomic E-state index is 5.80. The molecule has 0 fully saturated rings. The van der Waals surface area contributed by atoms with Gasteiger partial charge in [-0.1, -0.05) is 41.6 Å². The first kappa shape index (κ1) is 12.6. The topological polar surface area (TPSA) is 56.5 Å². The largest absolute Gasteiger partial charge is 0.233 e. The van der Waals surface area contributed by atoms with Crippen molar-refractivity contribution >= 4 is 34.7 Å². The second-order valence-electron chi connectivity index (χ2n) is 3.58. The molecule has 2 heterocycles. The number of para-hydroxylation sites is 1. The van der Waals surface area contributed by atoms with Gasteiger partial charge in [0.1, 0.15) is 0 Å². The van der Waals surface area contributed by atoms with E-state index < -0.39 is 0 Å². The van der Waals surface area contributed by atoms with Crippen molar-refractivity contribution in [1.82, 2.24) is 25.2 Å². The van der Waals surface area contributed by atoms with Gasteiger partial charge in [-0.3, -0.25) is 0 Å². The second-order valence-corrected chi connectivity index (χ2v) is 6.22. The van der Waals surface area contributed by atoms with Crippen molar-refractivity contribution in [2.75, 3.05) is 0 Å². The monoisotopic (exact) mass is 309 g/mol. The number of aromatic nitrogens is 5. The first-order valence-corrected chi connectivity index (χ1v) is 7.58. The Morgan fingerprint density at radius 2 is 2.11 bits per heavy atom. The first-order chi connectivity index (χ1) is 9.33. The summed E-state index contributed by atoms with van der Waals surface area (Å²) in [6.07, 6.45) is 1.77. The molecular formula is C11H8ClN5S2. The van der Waals surface area contributed by atoms with Crippen LogP contribution in [0, 0.1) is 0 Å².